The number of nitriles is 1. The lowest BCUT2D eigenvalue weighted by Gasteiger charge is -2.16. The molecule has 0 aliphatic rings. The monoisotopic (exact) mass is 277 g/mol. The van der Waals surface area contributed by atoms with Crippen LogP contribution in [0.2, 0.25) is 5.15 Å². The third-order valence-corrected chi connectivity index (χ3v) is 3.83. The summed E-state index contributed by atoms with van der Waals surface area (Å²) in [5, 5.41) is 21.9. The first-order chi connectivity index (χ1) is 7.72. The van der Waals surface area contributed by atoms with Gasteiger partial charge in [0.25, 0.3) is 0 Å². The van der Waals surface area contributed by atoms with Crippen molar-refractivity contribution in [2.24, 2.45) is 0 Å². The van der Waals surface area contributed by atoms with Gasteiger partial charge in [-0.05, 0) is 24.2 Å². The zero-order chi connectivity index (χ0) is 12.0. The first-order valence-corrected chi connectivity index (χ1v) is 7.19. The van der Waals surface area contributed by atoms with Gasteiger partial charge in [0.05, 0.1) is 0 Å². The molecule has 1 heterocycles. The van der Waals surface area contributed by atoms with Crippen LogP contribution in [0.25, 0.3) is 0 Å². The fourth-order valence-electron chi connectivity index (χ4n) is 1.21. The second kappa shape index (κ2) is 6.97. The van der Waals surface area contributed by atoms with Crippen molar-refractivity contribution in [2.45, 2.75) is 12.5 Å². The Labute approximate surface area is 108 Å². The van der Waals surface area contributed by atoms with Gasteiger partial charge < -0.3 is 10.4 Å². The average Bonchev–Trinajstić information content (AvgIpc) is 2.60. The molecule has 88 valence electrons. The van der Waals surface area contributed by atoms with Gasteiger partial charge in [-0.3, -0.25) is 0 Å². The van der Waals surface area contributed by atoms with Crippen LogP contribution in [0.3, 0.4) is 0 Å². The fraction of sp³-hybridized carbons (Fsp3) is 0.556. The molecule has 0 saturated heterocycles. The van der Waals surface area contributed by atoms with Gasteiger partial charge >= 0.3 is 0 Å². The van der Waals surface area contributed by atoms with Gasteiger partial charge in [-0.25, -0.2) is 0 Å². The molecule has 0 spiro atoms. The van der Waals surface area contributed by atoms with Crippen molar-refractivity contribution in [3.8, 4) is 6.07 Å². The molecule has 0 saturated carbocycles. The van der Waals surface area contributed by atoms with Gasteiger partial charge in [-0.2, -0.15) is 21.4 Å². The maximum atomic E-state index is 8.92. The van der Waals surface area contributed by atoms with Crippen LogP contribution in [0.1, 0.15) is 12.0 Å². The van der Waals surface area contributed by atoms with E-state index in [9.17, 15) is 0 Å². The van der Waals surface area contributed by atoms with Crippen LogP contribution < -0.4 is 5.32 Å². The van der Waals surface area contributed by atoms with E-state index in [0.717, 1.165) is 5.75 Å². The zero-order valence-electron chi connectivity index (χ0n) is 8.73. The summed E-state index contributed by atoms with van der Waals surface area (Å²) in [5.74, 6) is 0.862. The molecule has 7 heteroatoms. The molecule has 4 nitrogen and oxygen atoms in total. The van der Waals surface area contributed by atoms with Gasteiger partial charge in [-0.15, -0.1) is 0 Å². The predicted octanol–water partition coefficient (Wildman–Crippen LogP) is 2.19. The zero-order valence-corrected chi connectivity index (χ0v) is 11.1. The number of thioether (sulfide) groups is 1. The van der Waals surface area contributed by atoms with E-state index in [0.29, 0.717) is 17.0 Å². The molecule has 0 aliphatic heterocycles. The largest absolute Gasteiger partial charge is 0.396 e. The summed E-state index contributed by atoms with van der Waals surface area (Å²) in [6.07, 6.45) is 2.64. The van der Waals surface area contributed by atoms with Crippen LogP contribution >= 0.6 is 34.9 Å². The standard InChI is InChI=1S/C9H12ClN3OS2/c1-15-5-6(2-3-14)12-9-7(4-11)8(10)13-16-9/h6,12,14H,2-3,5H2,1H3/t6-/m1/s1. The Bertz CT molecular complexity index is 371. The Morgan fingerprint density at radius 3 is 3.06 bits per heavy atom. The first kappa shape index (κ1) is 13.6. The predicted molar refractivity (Wildman–Crippen MR) is 69.3 cm³/mol. The number of aromatic nitrogens is 1. The molecule has 1 aromatic rings. The Hall–Kier alpha value is -0.480. The summed E-state index contributed by atoms with van der Waals surface area (Å²) in [6.45, 7) is 0.118. The summed E-state index contributed by atoms with van der Waals surface area (Å²) in [7, 11) is 0. The highest BCUT2D eigenvalue weighted by molar-refractivity contribution is 7.98. The van der Waals surface area contributed by atoms with Crippen molar-refractivity contribution in [2.75, 3.05) is 23.9 Å². The minimum absolute atomic E-state index is 0.118. The lowest BCUT2D eigenvalue weighted by molar-refractivity contribution is 0.282. The number of aliphatic hydroxyl groups is 1. The van der Waals surface area contributed by atoms with E-state index in [-0.39, 0.29) is 17.8 Å². The van der Waals surface area contributed by atoms with Crippen LogP contribution in [-0.2, 0) is 0 Å². The third kappa shape index (κ3) is 3.52. The van der Waals surface area contributed by atoms with E-state index in [1.807, 2.05) is 12.3 Å². The Balaban J connectivity index is 2.73. The molecule has 0 fully saturated rings. The number of nitrogens with zero attached hydrogens (tertiary/aromatic N) is 2. The molecule has 0 aromatic carbocycles. The van der Waals surface area contributed by atoms with E-state index in [2.05, 4.69) is 9.69 Å². The molecule has 1 aromatic heterocycles. The molecule has 1 rings (SSSR count). The molecule has 16 heavy (non-hydrogen) atoms. The van der Waals surface area contributed by atoms with Crippen molar-refractivity contribution in [1.82, 2.24) is 4.37 Å². The summed E-state index contributed by atoms with van der Waals surface area (Å²) >= 11 is 8.62. The average molecular weight is 278 g/mol. The topological polar surface area (TPSA) is 68.9 Å². The molecule has 0 aliphatic carbocycles. The summed E-state index contributed by atoms with van der Waals surface area (Å²) in [5.41, 5.74) is 0.385. The fourth-order valence-corrected chi connectivity index (χ4v) is 2.87. The van der Waals surface area contributed by atoms with Crippen LogP contribution in [0.5, 0.6) is 0 Å². The Kier molecular flexibility index (Phi) is 5.91. The number of halogens is 1. The van der Waals surface area contributed by atoms with Crippen LogP contribution in [0.4, 0.5) is 5.00 Å². The van der Waals surface area contributed by atoms with Gasteiger partial charge in [0.2, 0.25) is 0 Å². The van der Waals surface area contributed by atoms with Crippen molar-refractivity contribution in [1.29, 1.82) is 5.26 Å². The second-order valence-electron chi connectivity index (χ2n) is 3.10. The summed E-state index contributed by atoms with van der Waals surface area (Å²) in [6, 6.07) is 2.15. The Morgan fingerprint density at radius 1 is 1.75 bits per heavy atom. The van der Waals surface area contributed by atoms with Crippen LogP contribution in [0.15, 0.2) is 0 Å². The highest BCUT2D eigenvalue weighted by atomic mass is 35.5. The summed E-state index contributed by atoms with van der Waals surface area (Å²) < 4.78 is 3.91. The molecular weight excluding hydrogens is 266 g/mol. The lowest BCUT2D eigenvalue weighted by atomic mass is 10.2. The molecule has 0 amide bonds. The minimum Gasteiger partial charge on any atom is -0.396 e. The van der Waals surface area contributed by atoms with Gasteiger partial charge in [0.15, 0.2) is 5.15 Å². The highest BCUT2D eigenvalue weighted by Gasteiger charge is 2.15. The molecule has 2 N–H and O–H groups in total. The smallest absolute Gasteiger partial charge is 0.162 e. The quantitative estimate of drug-likeness (QED) is 0.834. The Morgan fingerprint density at radius 2 is 2.50 bits per heavy atom. The van der Waals surface area contributed by atoms with E-state index in [4.69, 9.17) is 22.0 Å². The maximum Gasteiger partial charge on any atom is 0.162 e. The third-order valence-electron chi connectivity index (χ3n) is 1.94. The van der Waals surface area contributed by atoms with E-state index in [1.165, 1.54) is 11.5 Å². The van der Waals surface area contributed by atoms with Crippen molar-refractivity contribution in [3.63, 3.8) is 0 Å². The number of hydrogen-bond acceptors (Lipinski definition) is 6. The van der Waals surface area contributed by atoms with Gasteiger partial charge in [-0.1, -0.05) is 11.6 Å². The SMILES string of the molecule is CSC[C@@H](CCO)Nc1snc(Cl)c1C#N. The van der Waals surface area contributed by atoms with E-state index in [1.54, 1.807) is 11.8 Å². The van der Waals surface area contributed by atoms with Crippen LogP contribution in [-0.4, -0.2) is 34.1 Å². The van der Waals surface area contributed by atoms with Crippen molar-refractivity contribution in [3.05, 3.63) is 10.7 Å². The maximum absolute atomic E-state index is 8.92. The minimum atomic E-state index is 0.118. The normalized spacial score (nSPS) is 12.1. The molecule has 0 bridgehead atoms. The van der Waals surface area contributed by atoms with Gasteiger partial charge in [0, 0.05) is 18.4 Å². The van der Waals surface area contributed by atoms with E-state index >= 15 is 0 Å². The molecule has 1 atom stereocenters. The van der Waals surface area contributed by atoms with Gasteiger partial charge in [0.1, 0.15) is 16.6 Å². The summed E-state index contributed by atoms with van der Waals surface area (Å²) in [4.78, 5) is 0. The van der Waals surface area contributed by atoms with E-state index < -0.39 is 0 Å². The lowest BCUT2D eigenvalue weighted by Crippen LogP contribution is -2.23. The van der Waals surface area contributed by atoms with Crippen LogP contribution in [0, 0.1) is 11.3 Å². The van der Waals surface area contributed by atoms with Crippen molar-refractivity contribution < 1.29 is 5.11 Å². The second-order valence-corrected chi connectivity index (χ2v) is 5.14. The number of nitrogens with one attached hydrogen (secondary N) is 1. The number of hydrogen-bond donors (Lipinski definition) is 2. The number of anilines is 1. The molecule has 0 radical (unpaired) electrons. The number of aliphatic hydroxyl groups excluding tert-OH is 1. The highest BCUT2D eigenvalue weighted by Crippen LogP contribution is 2.28. The first-order valence-electron chi connectivity index (χ1n) is 4.64. The molecule has 0 unspecified atom stereocenters. The molecular formula is C9H12ClN3OS2. The number of rotatable bonds is 6. The van der Waals surface area contributed by atoms with Crippen molar-refractivity contribution >= 4 is 39.9 Å².